The molecule has 0 bridgehead atoms. The van der Waals surface area contributed by atoms with Crippen molar-refractivity contribution in [3.8, 4) is 5.75 Å². The first-order chi connectivity index (χ1) is 8.90. The van der Waals surface area contributed by atoms with E-state index < -0.39 is 18.0 Å². The molecule has 0 aromatic heterocycles. The van der Waals surface area contributed by atoms with Crippen LogP contribution in [0.25, 0.3) is 0 Å². The van der Waals surface area contributed by atoms with Gasteiger partial charge in [-0.15, -0.1) is 0 Å². The molecule has 0 radical (unpaired) electrons. The average Bonchev–Trinajstić information content (AvgIpc) is 2.35. The number of rotatable bonds is 6. The Balaban J connectivity index is 2.55. The van der Waals surface area contributed by atoms with Gasteiger partial charge in [0.15, 0.2) is 6.10 Å². The molecule has 0 saturated heterocycles. The van der Waals surface area contributed by atoms with Crippen LogP contribution in [0, 0.1) is 0 Å². The fraction of sp³-hybridized carbons (Fsp3) is 0.385. The number of ether oxygens (including phenoxy) is 1. The molecule has 6 heteroatoms. The molecule has 1 amide bonds. The first kappa shape index (κ1) is 15.0. The molecule has 0 heterocycles. The molecule has 0 aliphatic heterocycles. The summed E-state index contributed by atoms with van der Waals surface area (Å²) in [5.74, 6) is -1.00. The van der Waals surface area contributed by atoms with Gasteiger partial charge < -0.3 is 9.84 Å². The molecule has 0 aliphatic carbocycles. The number of benzene rings is 1. The fourth-order valence-corrected chi connectivity index (χ4v) is 1.21. The normalized spacial score (nSPS) is 12.0. The minimum Gasteiger partial charge on any atom is -0.491 e. The van der Waals surface area contributed by atoms with Crippen molar-refractivity contribution < 1.29 is 24.3 Å². The molecule has 1 atom stereocenters. The highest BCUT2D eigenvalue weighted by Gasteiger charge is 2.14. The highest BCUT2D eigenvalue weighted by molar-refractivity contribution is 5.93. The molecule has 1 rings (SSSR count). The zero-order valence-electron chi connectivity index (χ0n) is 11.0. The van der Waals surface area contributed by atoms with Gasteiger partial charge in [0.05, 0.1) is 6.10 Å². The molecule has 1 aromatic rings. The molecule has 0 aliphatic rings. The number of hydrogen-bond donors (Lipinski definition) is 2. The van der Waals surface area contributed by atoms with Crippen molar-refractivity contribution in [3.05, 3.63) is 29.8 Å². The van der Waals surface area contributed by atoms with Gasteiger partial charge in [0, 0.05) is 5.56 Å². The Morgan fingerprint density at radius 1 is 1.16 bits per heavy atom. The fourth-order valence-electron chi connectivity index (χ4n) is 1.21. The maximum atomic E-state index is 11.6. The van der Waals surface area contributed by atoms with Crippen LogP contribution < -0.4 is 10.2 Å². The van der Waals surface area contributed by atoms with Crippen LogP contribution in [0.3, 0.4) is 0 Å². The Hall–Kier alpha value is -2.08. The SMILES string of the molecule is CC(C)Oc1ccc(C(=O)NO[C@H](C)C(=O)O)cc1. The molecular formula is C13H17NO5. The van der Waals surface area contributed by atoms with E-state index in [1.54, 1.807) is 24.3 Å². The van der Waals surface area contributed by atoms with Crippen LogP contribution in [0.4, 0.5) is 0 Å². The van der Waals surface area contributed by atoms with Gasteiger partial charge in [-0.1, -0.05) is 0 Å². The number of nitrogens with one attached hydrogen (secondary N) is 1. The van der Waals surface area contributed by atoms with Gasteiger partial charge in [-0.3, -0.25) is 9.63 Å². The van der Waals surface area contributed by atoms with E-state index in [1.807, 2.05) is 13.8 Å². The second kappa shape index (κ2) is 6.75. The third kappa shape index (κ3) is 4.97. The predicted octanol–water partition coefficient (Wildman–Crippen LogP) is 1.61. The van der Waals surface area contributed by atoms with Gasteiger partial charge in [0.2, 0.25) is 0 Å². The quantitative estimate of drug-likeness (QED) is 0.765. The smallest absolute Gasteiger partial charge is 0.335 e. The standard InChI is InChI=1S/C13H17NO5/c1-8(2)18-11-6-4-10(5-7-11)12(15)14-19-9(3)13(16)17/h4-9H,1-3H3,(H,14,15)(H,16,17)/t9-/m1/s1. The van der Waals surface area contributed by atoms with Gasteiger partial charge in [-0.25, -0.2) is 10.3 Å². The van der Waals surface area contributed by atoms with Gasteiger partial charge >= 0.3 is 5.97 Å². The van der Waals surface area contributed by atoms with Crippen molar-refractivity contribution in [2.75, 3.05) is 0 Å². The maximum Gasteiger partial charge on any atom is 0.335 e. The number of carbonyl (C=O) groups excluding carboxylic acids is 1. The van der Waals surface area contributed by atoms with Crippen LogP contribution in [0.5, 0.6) is 5.75 Å². The van der Waals surface area contributed by atoms with Crippen LogP contribution in [0.2, 0.25) is 0 Å². The third-order valence-electron chi connectivity index (χ3n) is 2.16. The number of carboxylic acid groups (broad SMARTS) is 1. The average molecular weight is 267 g/mol. The van der Waals surface area contributed by atoms with Gasteiger partial charge in [-0.2, -0.15) is 0 Å². The summed E-state index contributed by atoms with van der Waals surface area (Å²) in [6.07, 6.45) is -1.05. The molecule has 0 spiro atoms. The zero-order chi connectivity index (χ0) is 14.4. The van der Waals surface area contributed by atoms with Gasteiger partial charge in [0.1, 0.15) is 5.75 Å². The minimum absolute atomic E-state index is 0.0550. The summed E-state index contributed by atoms with van der Waals surface area (Å²) in [7, 11) is 0. The molecule has 0 unspecified atom stereocenters. The van der Waals surface area contributed by atoms with Crippen molar-refractivity contribution >= 4 is 11.9 Å². The van der Waals surface area contributed by atoms with E-state index in [0.717, 1.165) is 0 Å². The number of hydroxylamine groups is 1. The summed E-state index contributed by atoms with van der Waals surface area (Å²) in [6, 6.07) is 6.47. The Bertz CT molecular complexity index is 441. The number of carbonyl (C=O) groups is 2. The molecular weight excluding hydrogens is 250 g/mol. The Morgan fingerprint density at radius 2 is 1.74 bits per heavy atom. The first-order valence-electron chi connectivity index (χ1n) is 5.85. The van der Waals surface area contributed by atoms with Crippen molar-refractivity contribution in [2.45, 2.75) is 33.0 Å². The lowest BCUT2D eigenvalue weighted by Gasteiger charge is -2.11. The number of aliphatic carboxylic acids is 1. The number of amides is 1. The van der Waals surface area contributed by atoms with Crippen LogP contribution >= 0.6 is 0 Å². The van der Waals surface area contributed by atoms with Crippen molar-refractivity contribution in [1.29, 1.82) is 0 Å². The lowest BCUT2D eigenvalue weighted by molar-refractivity contribution is -0.152. The van der Waals surface area contributed by atoms with Crippen LogP contribution in [0.15, 0.2) is 24.3 Å². The lowest BCUT2D eigenvalue weighted by atomic mass is 10.2. The zero-order valence-corrected chi connectivity index (χ0v) is 11.0. The Morgan fingerprint density at radius 3 is 2.21 bits per heavy atom. The van der Waals surface area contributed by atoms with E-state index in [4.69, 9.17) is 9.84 Å². The van der Waals surface area contributed by atoms with Crippen molar-refractivity contribution in [3.63, 3.8) is 0 Å². The summed E-state index contributed by atoms with van der Waals surface area (Å²) in [5.41, 5.74) is 2.43. The van der Waals surface area contributed by atoms with E-state index in [0.29, 0.717) is 11.3 Å². The van der Waals surface area contributed by atoms with Crippen LogP contribution in [0.1, 0.15) is 31.1 Å². The minimum atomic E-state index is -1.15. The predicted molar refractivity (Wildman–Crippen MR) is 67.9 cm³/mol. The molecule has 19 heavy (non-hydrogen) atoms. The molecule has 1 aromatic carbocycles. The third-order valence-corrected chi connectivity index (χ3v) is 2.16. The summed E-state index contributed by atoms with van der Waals surface area (Å²) >= 11 is 0. The Labute approximate surface area is 111 Å². The van der Waals surface area contributed by atoms with Crippen LogP contribution in [-0.2, 0) is 9.63 Å². The van der Waals surface area contributed by atoms with E-state index in [9.17, 15) is 9.59 Å². The second-order valence-electron chi connectivity index (χ2n) is 4.22. The van der Waals surface area contributed by atoms with Gasteiger partial charge in [-0.05, 0) is 45.0 Å². The summed E-state index contributed by atoms with van der Waals surface area (Å²) < 4.78 is 5.44. The second-order valence-corrected chi connectivity index (χ2v) is 4.22. The lowest BCUT2D eigenvalue weighted by Crippen LogP contribution is -2.32. The van der Waals surface area contributed by atoms with Crippen molar-refractivity contribution in [2.24, 2.45) is 0 Å². The highest BCUT2D eigenvalue weighted by Crippen LogP contribution is 2.13. The number of hydrogen-bond acceptors (Lipinski definition) is 4. The molecule has 104 valence electrons. The van der Waals surface area contributed by atoms with E-state index >= 15 is 0 Å². The largest absolute Gasteiger partial charge is 0.491 e. The molecule has 2 N–H and O–H groups in total. The van der Waals surface area contributed by atoms with Crippen LogP contribution in [-0.4, -0.2) is 29.2 Å². The topological polar surface area (TPSA) is 84.9 Å². The summed E-state index contributed by atoms with van der Waals surface area (Å²) in [6.45, 7) is 5.13. The van der Waals surface area contributed by atoms with E-state index in [1.165, 1.54) is 6.92 Å². The Kier molecular flexibility index (Phi) is 5.32. The molecule has 6 nitrogen and oxygen atoms in total. The van der Waals surface area contributed by atoms with Crippen molar-refractivity contribution in [1.82, 2.24) is 5.48 Å². The van der Waals surface area contributed by atoms with E-state index in [-0.39, 0.29) is 6.10 Å². The number of carboxylic acids is 1. The maximum absolute atomic E-state index is 11.6. The first-order valence-corrected chi connectivity index (χ1v) is 5.85. The van der Waals surface area contributed by atoms with E-state index in [2.05, 4.69) is 10.3 Å². The van der Waals surface area contributed by atoms with Gasteiger partial charge in [0.25, 0.3) is 5.91 Å². The summed E-state index contributed by atoms with van der Waals surface area (Å²) in [4.78, 5) is 26.8. The highest BCUT2D eigenvalue weighted by atomic mass is 16.7. The molecule has 0 saturated carbocycles. The summed E-state index contributed by atoms with van der Waals surface area (Å²) in [5, 5.41) is 8.59. The monoisotopic (exact) mass is 267 g/mol. The molecule has 0 fully saturated rings.